The van der Waals surface area contributed by atoms with Crippen LogP contribution in [-0.4, -0.2) is 28.5 Å². The van der Waals surface area contributed by atoms with Crippen LogP contribution in [0.15, 0.2) is 52.1 Å². The number of aromatic amines is 1. The Kier molecular flexibility index (Phi) is 7.59. The summed E-state index contributed by atoms with van der Waals surface area (Å²) in [6, 6.07) is 12.4. The van der Waals surface area contributed by atoms with Gasteiger partial charge in [-0.2, -0.15) is 0 Å². The van der Waals surface area contributed by atoms with Crippen molar-refractivity contribution in [1.82, 2.24) is 14.9 Å². The van der Waals surface area contributed by atoms with Crippen LogP contribution in [-0.2, 0) is 22.6 Å². The molecule has 168 valence electrons. The van der Waals surface area contributed by atoms with Crippen LogP contribution in [0, 0.1) is 6.92 Å². The van der Waals surface area contributed by atoms with E-state index in [4.69, 9.17) is 0 Å². The molecule has 2 aromatic carbocycles. The van der Waals surface area contributed by atoms with Gasteiger partial charge in [-0.3, -0.25) is 14.2 Å². The zero-order chi connectivity index (χ0) is 23.1. The molecule has 0 unspecified atom stereocenters. The molecular weight excluding hydrogens is 410 g/mol. The Bertz CT molecular complexity index is 1230. The third kappa shape index (κ3) is 5.72. The molecule has 1 amide bonds. The van der Waals surface area contributed by atoms with Crippen LogP contribution in [0.25, 0.3) is 10.9 Å². The van der Waals surface area contributed by atoms with E-state index < -0.39 is 17.2 Å². The second-order valence-corrected chi connectivity index (χ2v) is 7.71. The number of nitrogens with one attached hydrogen (secondary N) is 2. The summed E-state index contributed by atoms with van der Waals surface area (Å²) in [6.07, 6.45) is 2.37. The first-order chi connectivity index (χ1) is 15.4. The number of methoxy groups -OCH3 is 1. The normalized spacial score (nSPS) is 10.8. The number of benzene rings is 2. The van der Waals surface area contributed by atoms with E-state index in [0.717, 1.165) is 10.1 Å². The fraction of sp³-hybridized carbons (Fsp3) is 0.333. The van der Waals surface area contributed by atoms with Gasteiger partial charge in [-0.05, 0) is 43.5 Å². The van der Waals surface area contributed by atoms with Crippen LogP contribution in [0.4, 0.5) is 0 Å². The number of esters is 1. The second-order valence-electron chi connectivity index (χ2n) is 7.71. The number of carbonyl (C=O) groups excluding carboxylic acids is 2. The maximum Gasteiger partial charge on any atom is 0.337 e. The van der Waals surface area contributed by atoms with E-state index in [1.807, 2.05) is 31.2 Å². The van der Waals surface area contributed by atoms with Gasteiger partial charge in [0.2, 0.25) is 5.91 Å². The molecule has 8 heteroatoms. The molecule has 0 fully saturated rings. The van der Waals surface area contributed by atoms with Crippen LogP contribution >= 0.6 is 0 Å². The number of H-pyrrole nitrogens is 1. The first-order valence-corrected chi connectivity index (χ1v) is 10.6. The Morgan fingerprint density at radius 2 is 1.78 bits per heavy atom. The molecular formula is C24H27N3O5. The van der Waals surface area contributed by atoms with Gasteiger partial charge in [0.1, 0.15) is 0 Å². The van der Waals surface area contributed by atoms with Gasteiger partial charge in [-0.25, -0.2) is 9.59 Å². The van der Waals surface area contributed by atoms with E-state index in [1.165, 1.54) is 30.9 Å². The molecule has 0 radical (unpaired) electrons. The fourth-order valence-corrected chi connectivity index (χ4v) is 3.43. The van der Waals surface area contributed by atoms with E-state index >= 15 is 0 Å². The zero-order valence-electron chi connectivity index (χ0n) is 18.3. The smallest absolute Gasteiger partial charge is 0.337 e. The van der Waals surface area contributed by atoms with Crippen molar-refractivity contribution < 1.29 is 14.3 Å². The molecule has 1 heterocycles. The quantitative estimate of drug-likeness (QED) is 0.395. The Balaban J connectivity index is 1.50. The summed E-state index contributed by atoms with van der Waals surface area (Å²) in [4.78, 5) is 51.3. The number of ether oxygens (including phenoxy) is 1. The highest BCUT2D eigenvalue weighted by atomic mass is 16.5. The summed E-state index contributed by atoms with van der Waals surface area (Å²) in [7, 11) is 1.26. The molecule has 8 nitrogen and oxygen atoms in total. The topological polar surface area (TPSA) is 110 Å². The first-order valence-electron chi connectivity index (χ1n) is 10.6. The van der Waals surface area contributed by atoms with Gasteiger partial charge >= 0.3 is 11.7 Å². The van der Waals surface area contributed by atoms with Crippen LogP contribution in [0.3, 0.4) is 0 Å². The van der Waals surface area contributed by atoms with Crippen molar-refractivity contribution >= 4 is 22.8 Å². The number of fused-ring (bicyclic) bond motifs is 1. The van der Waals surface area contributed by atoms with Gasteiger partial charge in [0.05, 0.1) is 23.6 Å². The number of carbonyl (C=O) groups is 2. The minimum atomic E-state index is -0.542. The van der Waals surface area contributed by atoms with E-state index in [-0.39, 0.29) is 18.0 Å². The molecule has 3 rings (SSSR count). The summed E-state index contributed by atoms with van der Waals surface area (Å²) in [5.74, 6) is -0.562. The predicted molar refractivity (Wildman–Crippen MR) is 122 cm³/mol. The highest BCUT2D eigenvalue weighted by Crippen LogP contribution is 2.10. The lowest BCUT2D eigenvalue weighted by atomic mass is 10.1. The van der Waals surface area contributed by atoms with Crippen molar-refractivity contribution in [1.29, 1.82) is 0 Å². The Labute approximate surface area is 185 Å². The van der Waals surface area contributed by atoms with Crippen LogP contribution in [0.2, 0.25) is 0 Å². The Morgan fingerprint density at radius 3 is 2.50 bits per heavy atom. The molecule has 0 saturated heterocycles. The average molecular weight is 437 g/mol. The molecule has 0 aliphatic carbocycles. The Morgan fingerprint density at radius 1 is 1.03 bits per heavy atom. The number of hydrogen-bond acceptors (Lipinski definition) is 5. The van der Waals surface area contributed by atoms with E-state index in [9.17, 15) is 19.2 Å². The number of unbranched alkanes of at least 4 members (excludes halogenated alkanes) is 2. The van der Waals surface area contributed by atoms with E-state index in [1.54, 1.807) is 0 Å². The average Bonchev–Trinajstić information content (AvgIpc) is 2.79. The zero-order valence-corrected chi connectivity index (χ0v) is 18.3. The predicted octanol–water partition coefficient (Wildman–Crippen LogP) is 2.66. The van der Waals surface area contributed by atoms with Crippen molar-refractivity contribution in [2.75, 3.05) is 7.11 Å². The third-order valence-electron chi connectivity index (χ3n) is 5.30. The summed E-state index contributed by atoms with van der Waals surface area (Å²) in [5.41, 5.74) is 1.85. The number of aryl methyl sites for hydroxylation is 1. The van der Waals surface area contributed by atoms with Gasteiger partial charge in [-0.1, -0.05) is 36.2 Å². The van der Waals surface area contributed by atoms with Gasteiger partial charge in [0, 0.05) is 19.5 Å². The third-order valence-corrected chi connectivity index (χ3v) is 5.30. The van der Waals surface area contributed by atoms with Crippen molar-refractivity contribution in [3.05, 3.63) is 80.0 Å². The molecule has 3 aromatic rings. The fourth-order valence-electron chi connectivity index (χ4n) is 3.43. The highest BCUT2D eigenvalue weighted by molar-refractivity contribution is 5.93. The minimum absolute atomic E-state index is 0.0206. The first kappa shape index (κ1) is 23.0. The van der Waals surface area contributed by atoms with Gasteiger partial charge in [0.15, 0.2) is 0 Å². The van der Waals surface area contributed by atoms with E-state index in [0.29, 0.717) is 43.1 Å². The number of aromatic nitrogens is 2. The van der Waals surface area contributed by atoms with Crippen LogP contribution < -0.4 is 16.6 Å². The van der Waals surface area contributed by atoms with Crippen molar-refractivity contribution in [3.63, 3.8) is 0 Å². The van der Waals surface area contributed by atoms with Crippen molar-refractivity contribution in [2.45, 2.75) is 45.7 Å². The molecule has 0 bridgehead atoms. The van der Waals surface area contributed by atoms with Gasteiger partial charge in [0.25, 0.3) is 5.56 Å². The maximum absolute atomic E-state index is 12.7. The van der Waals surface area contributed by atoms with Gasteiger partial charge in [-0.15, -0.1) is 0 Å². The van der Waals surface area contributed by atoms with Crippen molar-refractivity contribution in [2.24, 2.45) is 0 Å². The summed E-state index contributed by atoms with van der Waals surface area (Å²) in [6.45, 7) is 2.77. The van der Waals surface area contributed by atoms with Crippen LogP contribution in [0.1, 0.15) is 47.2 Å². The molecule has 0 saturated carbocycles. The van der Waals surface area contributed by atoms with Gasteiger partial charge < -0.3 is 15.0 Å². The second kappa shape index (κ2) is 10.6. The summed E-state index contributed by atoms with van der Waals surface area (Å²) in [5, 5.41) is 3.23. The SMILES string of the molecule is COC(=O)c1ccc2c(=O)n(CCCCCC(=O)NCc3ccc(C)cc3)c(=O)[nH]c2c1. The lowest BCUT2D eigenvalue weighted by Crippen LogP contribution is -2.35. The number of rotatable bonds is 9. The number of nitrogens with zero attached hydrogens (tertiary/aromatic N) is 1. The number of amides is 1. The molecule has 0 aliphatic heterocycles. The molecule has 0 atom stereocenters. The van der Waals surface area contributed by atoms with Crippen molar-refractivity contribution in [3.8, 4) is 0 Å². The standard InChI is InChI=1S/C24H27N3O5/c1-16-7-9-17(10-8-16)15-25-21(28)6-4-3-5-13-27-22(29)19-12-11-18(23(30)32-2)14-20(19)26-24(27)31/h7-12,14H,3-6,13,15H2,1-2H3,(H,25,28)(H,26,31). The lowest BCUT2D eigenvalue weighted by Gasteiger charge is -2.08. The highest BCUT2D eigenvalue weighted by Gasteiger charge is 2.11. The van der Waals surface area contributed by atoms with E-state index in [2.05, 4.69) is 15.0 Å². The molecule has 2 N–H and O–H groups in total. The number of hydrogen-bond donors (Lipinski definition) is 2. The molecule has 0 spiro atoms. The lowest BCUT2D eigenvalue weighted by molar-refractivity contribution is -0.121. The minimum Gasteiger partial charge on any atom is -0.465 e. The largest absolute Gasteiger partial charge is 0.465 e. The molecule has 1 aromatic heterocycles. The molecule has 32 heavy (non-hydrogen) atoms. The maximum atomic E-state index is 12.7. The summed E-state index contributed by atoms with van der Waals surface area (Å²) < 4.78 is 5.81. The molecule has 0 aliphatic rings. The monoisotopic (exact) mass is 437 g/mol. The summed E-state index contributed by atoms with van der Waals surface area (Å²) >= 11 is 0. The van der Waals surface area contributed by atoms with Crippen LogP contribution in [0.5, 0.6) is 0 Å². The Hall–Kier alpha value is -3.68.